The summed E-state index contributed by atoms with van der Waals surface area (Å²) in [5.41, 5.74) is 5.75. The Kier molecular flexibility index (Phi) is 6.06. The lowest BCUT2D eigenvalue weighted by molar-refractivity contribution is -0.144. The molecule has 0 radical (unpaired) electrons. The van der Waals surface area contributed by atoms with Crippen molar-refractivity contribution in [3.63, 3.8) is 0 Å². The summed E-state index contributed by atoms with van der Waals surface area (Å²) in [6, 6.07) is 0.992. The topological polar surface area (TPSA) is 81.4 Å². The number of amides is 1. The first-order chi connectivity index (χ1) is 9.08. The van der Waals surface area contributed by atoms with Gasteiger partial charge in [-0.05, 0) is 19.9 Å². The second-order valence-corrected chi connectivity index (χ2v) is 4.56. The van der Waals surface area contributed by atoms with Crippen LogP contribution in [0.5, 0.6) is 0 Å². The lowest BCUT2D eigenvalue weighted by atomic mass is 10.2. The van der Waals surface area contributed by atoms with Gasteiger partial charge in [-0.25, -0.2) is 4.79 Å². The van der Waals surface area contributed by atoms with E-state index in [4.69, 9.17) is 10.5 Å². The Bertz CT molecular complexity index is 513. The molecule has 0 aliphatic rings. The van der Waals surface area contributed by atoms with Crippen LogP contribution in [0.15, 0.2) is 11.4 Å². The van der Waals surface area contributed by atoms with Crippen LogP contribution >= 0.6 is 11.3 Å². The average Bonchev–Trinajstić information content (AvgIpc) is 2.85. The van der Waals surface area contributed by atoms with E-state index in [1.165, 1.54) is 11.3 Å². The molecule has 1 aromatic rings. The Morgan fingerprint density at radius 3 is 2.95 bits per heavy atom. The van der Waals surface area contributed by atoms with Crippen molar-refractivity contribution < 1.29 is 14.3 Å². The lowest BCUT2D eigenvalue weighted by Gasteiger charge is -2.11. The van der Waals surface area contributed by atoms with Crippen molar-refractivity contribution in [3.8, 4) is 11.8 Å². The van der Waals surface area contributed by atoms with Gasteiger partial charge in [0.25, 0.3) is 5.91 Å². The van der Waals surface area contributed by atoms with Gasteiger partial charge in [0.05, 0.1) is 23.6 Å². The molecule has 0 aliphatic heterocycles. The Labute approximate surface area is 116 Å². The third-order valence-electron chi connectivity index (χ3n) is 2.16. The zero-order chi connectivity index (χ0) is 14.3. The van der Waals surface area contributed by atoms with Crippen LogP contribution in [0.1, 0.15) is 29.1 Å². The summed E-state index contributed by atoms with van der Waals surface area (Å²) < 4.78 is 4.81. The maximum atomic E-state index is 11.9. The molecule has 102 valence electrons. The number of carbonyl (C=O) groups excluding carboxylic acids is 2. The summed E-state index contributed by atoms with van der Waals surface area (Å²) in [5, 5.41) is 4.26. The fourth-order valence-corrected chi connectivity index (χ4v) is 2.02. The molecule has 0 aromatic carbocycles. The minimum absolute atomic E-state index is 0.277. The van der Waals surface area contributed by atoms with Gasteiger partial charge in [-0.2, -0.15) is 0 Å². The van der Waals surface area contributed by atoms with Gasteiger partial charge in [0.1, 0.15) is 6.04 Å². The molecule has 0 aliphatic carbocycles. The first-order valence-electron chi connectivity index (χ1n) is 5.83. The third kappa shape index (κ3) is 4.73. The van der Waals surface area contributed by atoms with E-state index in [-0.39, 0.29) is 19.1 Å². The molecular formula is C13H16N2O3S. The van der Waals surface area contributed by atoms with E-state index < -0.39 is 12.0 Å². The smallest absolute Gasteiger partial charge is 0.328 e. The minimum atomic E-state index is -0.675. The van der Waals surface area contributed by atoms with Crippen molar-refractivity contribution in [2.45, 2.75) is 19.9 Å². The highest BCUT2D eigenvalue weighted by atomic mass is 32.1. The molecule has 19 heavy (non-hydrogen) atoms. The van der Waals surface area contributed by atoms with Crippen LogP contribution in [0, 0.1) is 11.8 Å². The van der Waals surface area contributed by atoms with E-state index in [0.717, 1.165) is 4.88 Å². The van der Waals surface area contributed by atoms with E-state index in [0.29, 0.717) is 5.56 Å². The summed E-state index contributed by atoms with van der Waals surface area (Å²) in [5.74, 6) is 4.79. The Hall–Kier alpha value is -1.84. The molecule has 0 bridgehead atoms. The molecule has 6 heteroatoms. The van der Waals surface area contributed by atoms with Gasteiger partial charge in [0, 0.05) is 5.38 Å². The van der Waals surface area contributed by atoms with Crippen LogP contribution in [0.4, 0.5) is 0 Å². The first-order valence-corrected chi connectivity index (χ1v) is 6.71. The Balaban J connectivity index is 2.63. The van der Waals surface area contributed by atoms with Crippen molar-refractivity contribution in [2.75, 3.05) is 13.2 Å². The Morgan fingerprint density at radius 2 is 2.32 bits per heavy atom. The third-order valence-corrected chi connectivity index (χ3v) is 3.01. The van der Waals surface area contributed by atoms with Crippen LogP contribution < -0.4 is 11.1 Å². The number of hydrogen-bond acceptors (Lipinski definition) is 5. The molecular weight excluding hydrogens is 264 g/mol. The molecule has 1 unspecified atom stereocenters. The predicted octanol–water partition coefficient (Wildman–Crippen LogP) is 0.740. The van der Waals surface area contributed by atoms with Gasteiger partial charge in [-0.15, -0.1) is 11.3 Å². The van der Waals surface area contributed by atoms with E-state index in [9.17, 15) is 9.59 Å². The van der Waals surface area contributed by atoms with E-state index in [2.05, 4.69) is 17.2 Å². The summed E-state index contributed by atoms with van der Waals surface area (Å²) in [7, 11) is 0. The van der Waals surface area contributed by atoms with E-state index >= 15 is 0 Å². The zero-order valence-electron chi connectivity index (χ0n) is 10.9. The highest BCUT2D eigenvalue weighted by Gasteiger charge is 2.18. The molecule has 1 heterocycles. The summed E-state index contributed by atoms with van der Waals surface area (Å²) in [6.07, 6.45) is 0. The SMILES string of the molecule is CCOC(=O)C(C)NC(=O)c1csc(C#CCN)c1. The van der Waals surface area contributed by atoms with Gasteiger partial charge in [-0.1, -0.05) is 11.8 Å². The largest absolute Gasteiger partial charge is 0.464 e. The summed E-state index contributed by atoms with van der Waals surface area (Å²) >= 11 is 1.36. The van der Waals surface area contributed by atoms with Crippen molar-refractivity contribution in [2.24, 2.45) is 5.73 Å². The number of ether oxygens (including phenoxy) is 1. The summed E-state index contributed by atoms with van der Waals surface area (Å²) in [6.45, 7) is 3.86. The number of hydrogen-bond donors (Lipinski definition) is 2. The fourth-order valence-electron chi connectivity index (χ4n) is 1.27. The molecule has 0 saturated heterocycles. The zero-order valence-corrected chi connectivity index (χ0v) is 11.7. The maximum absolute atomic E-state index is 11.9. The highest BCUT2D eigenvalue weighted by molar-refractivity contribution is 7.10. The van der Waals surface area contributed by atoms with Crippen LogP contribution in [0.25, 0.3) is 0 Å². The summed E-state index contributed by atoms with van der Waals surface area (Å²) in [4.78, 5) is 24.0. The molecule has 3 N–H and O–H groups in total. The van der Waals surface area contributed by atoms with E-state index in [1.54, 1.807) is 25.3 Å². The first kappa shape index (κ1) is 15.2. The molecule has 0 saturated carbocycles. The monoisotopic (exact) mass is 280 g/mol. The van der Waals surface area contributed by atoms with Gasteiger partial charge in [0.2, 0.25) is 0 Å². The number of nitrogens with two attached hydrogens (primary N) is 1. The van der Waals surface area contributed by atoms with Crippen LogP contribution in [-0.4, -0.2) is 31.1 Å². The van der Waals surface area contributed by atoms with Crippen molar-refractivity contribution in [1.29, 1.82) is 0 Å². The molecule has 0 fully saturated rings. The standard InChI is InChI=1S/C13H16N2O3S/c1-3-18-13(17)9(2)15-12(16)10-7-11(19-8-10)5-4-6-14/h7-9H,3,6,14H2,1-2H3,(H,15,16). The normalized spacial score (nSPS) is 11.1. The van der Waals surface area contributed by atoms with Gasteiger partial charge >= 0.3 is 5.97 Å². The molecule has 0 spiro atoms. The second kappa shape index (κ2) is 7.56. The molecule has 1 rings (SSSR count). The van der Waals surface area contributed by atoms with Crippen molar-refractivity contribution >= 4 is 23.2 Å². The van der Waals surface area contributed by atoms with Crippen molar-refractivity contribution in [3.05, 3.63) is 21.9 Å². The molecule has 1 atom stereocenters. The van der Waals surface area contributed by atoms with Crippen LogP contribution in [0.2, 0.25) is 0 Å². The van der Waals surface area contributed by atoms with Crippen LogP contribution in [-0.2, 0) is 9.53 Å². The van der Waals surface area contributed by atoms with Gasteiger partial charge in [-0.3, -0.25) is 4.79 Å². The lowest BCUT2D eigenvalue weighted by Crippen LogP contribution is -2.39. The second-order valence-electron chi connectivity index (χ2n) is 3.65. The number of rotatable bonds is 4. The Morgan fingerprint density at radius 1 is 1.58 bits per heavy atom. The number of thiophene rings is 1. The quantitative estimate of drug-likeness (QED) is 0.629. The van der Waals surface area contributed by atoms with E-state index in [1.807, 2.05) is 0 Å². The molecule has 5 nitrogen and oxygen atoms in total. The molecule has 1 amide bonds. The average molecular weight is 280 g/mol. The minimum Gasteiger partial charge on any atom is -0.464 e. The van der Waals surface area contributed by atoms with Gasteiger partial charge < -0.3 is 15.8 Å². The number of carbonyl (C=O) groups is 2. The van der Waals surface area contributed by atoms with Crippen molar-refractivity contribution in [1.82, 2.24) is 5.32 Å². The fraction of sp³-hybridized carbons (Fsp3) is 0.385. The number of esters is 1. The van der Waals surface area contributed by atoms with Crippen LogP contribution in [0.3, 0.4) is 0 Å². The maximum Gasteiger partial charge on any atom is 0.328 e. The molecule has 1 aromatic heterocycles. The number of nitrogens with one attached hydrogen (secondary N) is 1. The van der Waals surface area contributed by atoms with Gasteiger partial charge in [0.15, 0.2) is 0 Å². The highest BCUT2D eigenvalue weighted by Crippen LogP contribution is 2.13. The predicted molar refractivity (Wildman–Crippen MR) is 73.8 cm³/mol.